The largest absolute Gasteiger partial charge is 0.489 e. The highest BCUT2D eigenvalue weighted by Crippen LogP contribution is 2.15. The number of rotatable bonds is 11. The van der Waals surface area contributed by atoms with Crippen LogP contribution in [0.25, 0.3) is 0 Å². The molecule has 0 radical (unpaired) electrons. The smallest absolute Gasteiger partial charge is 0.119 e. The number of hydrogen-bond acceptors (Lipinski definition) is 3. The molecule has 3 aromatic rings. The van der Waals surface area contributed by atoms with Crippen LogP contribution in [0.3, 0.4) is 0 Å². The van der Waals surface area contributed by atoms with Gasteiger partial charge in [-0.3, -0.25) is 4.84 Å². The first-order valence-electron chi connectivity index (χ1n) is 10.0. The van der Waals surface area contributed by atoms with E-state index >= 15 is 0 Å². The topological polar surface area (TPSA) is 30.5 Å². The van der Waals surface area contributed by atoms with Crippen LogP contribution in [0.4, 0.5) is 0 Å². The lowest BCUT2D eigenvalue weighted by Crippen LogP contribution is -2.13. The quantitative estimate of drug-likeness (QED) is 0.338. The van der Waals surface area contributed by atoms with E-state index in [9.17, 15) is 0 Å². The fraction of sp³-hybridized carbons (Fsp3) is 0.280. The van der Waals surface area contributed by atoms with Gasteiger partial charge in [0.25, 0.3) is 0 Å². The van der Waals surface area contributed by atoms with Crippen LogP contribution in [0.5, 0.6) is 5.75 Å². The molecule has 3 nitrogen and oxygen atoms in total. The summed E-state index contributed by atoms with van der Waals surface area (Å²) >= 11 is 0. The first kappa shape index (κ1) is 20.1. The minimum Gasteiger partial charge on any atom is -0.489 e. The molecule has 1 N–H and O–H groups in total. The second-order valence-corrected chi connectivity index (χ2v) is 6.95. The van der Waals surface area contributed by atoms with Crippen molar-refractivity contribution in [1.82, 2.24) is 5.48 Å². The highest BCUT2D eigenvalue weighted by atomic mass is 16.6. The van der Waals surface area contributed by atoms with Crippen LogP contribution < -0.4 is 10.2 Å². The van der Waals surface area contributed by atoms with E-state index in [0.717, 1.165) is 23.3 Å². The summed E-state index contributed by atoms with van der Waals surface area (Å²) in [7, 11) is 0. The molecule has 3 rings (SSSR count). The lowest BCUT2D eigenvalue weighted by Gasteiger charge is -2.09. The van der Waals surface area contributed by atoms with Gasteiger partial charge in [-0.1, -0.05) is 80.1 Å². The van der Waals surface area contributed by atoms with Crippen LogP contribution in [-0.4, -0.2) is 0 Å². The zero-order valence-corrected chi connectivity index (χ0v) is 16.6. The van der Waals surface area contributed by atoms with Gasteiger partial charge in [0.2, 0.25) is 0 Å². The third-order valence-corrected chi connectivity index (χ3v) is 4.63. The third kappa shape index (κ3) is 6.84. The van der Waals surface area contributed by atoms with Crippen LogP contribution in [0.1, 0.15) is 42.0 Å². The lowest BCUT2D eigenvalue weighted by atomic mass is 10.1. The van der Waals surface area contributed by atoms with Crippen molar-refractivity contribution in [2.24, 2.45) is 0 Å². The Morgan fingerprint density at radius 1 is 0.679 bits per heavy atom. The maximum atomic E-state index is 5.90. The maximum Gasteiger partial charge on any atom is 0.119 e. The van der Waals surface area contributed by atoms with Crippen molar-refractivity contribution >= 4 is 0 Å². The Kier molecular flexibility index (Phi) is 8.10. The van der Waals surface area contributed by atoms with Crippen molar-refractivity contribution in [3.63, 3.8) is 0 Å². The molecule has 0 aliphatic carbocycles. The van der Waals surface area contributed by atoms with E-state index in [1.165, 1.54) is 24.0 Å². The van der Waals surface area contributed by atoms with Crippen molar-refractivity contribution in [3.05, 3.63) is 101 Å². The van der Waals surface area contributed by atoms with Gasteiger partial charge in [0, 0.05) is 6.54 Å². The molecule has 0 unspecified atom stereocenters. The van der Waals surface area contributed by atoms with Crippen LogP contribution in [0.15, 0.2) is 78.9 Å². The van der Waals surface area contributed by atoms with Crippen molar-refractivity contribution in [2.45, 2.75) is 45.9 Å². The minimum atomic E-state index is 0.555. The van der Waals surface area contributed by atoms with Crippen molar-refractivity contribution < 1.29 is 9.57 Å². The van der Waals surface area contributed by atoms with E-state index in [0.29, 0.717) is 19.8 Å². The molecule has 0 saturated carbocycles. The summed E-state index contributed by atoms with van der Waals surface area (Å²) in [5, 5.41) is 0. The Morgan fingerprint density at radius 2 is 1.32 bits per heavy atom. The van der Waals surface area contributed by atoms with E-state index in [1.54, 1.807) is 0 Å². The van der Waals surface area contributed by atoms with Gasteiger partial charge in [0.05, 0.1) is 6.61 Å². The molecular formula is C25H29NO2. The minimum absolute atomic E-state index is 0.555. The number of nitrogens with one attached hydrogen (secondary N) is 1. The lowest BCUT2D eigenvalue weighted by molar-refractivity contribution is 0.0235. The van der Waals surface area contributed by atoms with Crippen LogP contribution in [0.2, 0.25) is 0 Å². The second-order valence-electron chi connectivity index (χ2n) is 6.95. The number of ether oxygens (including phenoxy) is 1. The standard InChI is InChI=1S/C25H29NO2/c1-2-3-7-21-10-12-24(13-11-21)19-27-25-16-14-22(15-17-25)18-26-28-20-23-8-5-4-6-9-23/h4-6,8-17,26H,2-3,7,18-20H2,1H3. The van der Waals surface area contributed by atoms with Crippen LogP contribution in [-0.2, 0) is 31.0 Å². The number of hydroxylamine groups is 1. The maximum absolute atomic E-state index is 5.90. The number of aryl methyl sites for hydroxylation is 1. The molecular weight excluding hydrogens is 346 g/mol. The van der Waals surface area contributed by atoms with Gasteiger partial charge >= 0.3 is 0 Å². The molecule has 28 heavy (non-hydrogen) atoms. The highest BCUT2D eigenvalue weighted by Gasteiger charge is 1.99. The van der Waals surface area contributed by atoms with Crippen LogP contribution in [0, 0.1) is 0 Å². The first-order chi connectivity index (χ1) is 13.8. The monoisotopic (exact) mass is 375 g/mol. The number of benzene rings is 3. The Hall–Kier alpha value is -2.62. The van der Waals surface area contributed by atoms with E-state index in [1.807, 2.05) is 42.5 Å². The summed E-state index contributed by atoms with van der Waals surface area (Å²) in [5.74, 6) is 0.879. The van der Waals surface area contributed by atoms with E-state index in [4.69, 9.17) is 9.57 Å². The molecule has 146 valence electrons. The van der Waals surface area contributed by atoms with Crippen molar-refractivity contribution in [1.29, 1.82) is 0 Å². The Balaban J connectivity index is 1.38. The summed E-state index contributed by atoms with van der Waals surface area (Å²) in [6, 6.07) is 27.0. The fourth-order valence-electron chi connectivity index (χ4n) is 2.90. The third-order valence-electron chi connectivity index (χ3n) is 4.63. The van der Waals surface area contributed by atoms with Gasteiger partial charge in [0.15, 0.2) is 0 Å². The van der Waals surface area contributed by atoms with Crippen LogP contribution >= 0.6 is 0 Å². The second kappa shape index (κ2) is 11.3. The van der Waals surface area contributed by atoms with E-state index in [2.05, 4.69) is 48.8 Å². The molecule has 0 fully saturated rings. The van der Waals surface area contributed by atoms with E-state index in [-0.39, 0.29) is 0 Å². The first-order valence-corrected chi connectivity index (χ1v) is 10.0. The van der Waals surface area contributed by atoms with Crippen molar-refractivity contribution in [3.8, 4) is 5.75 Å². The predicted octanol–water partition coefficient (Wildman–Crippen LogP) is 5.83. The Labute approximate surface area is 168 Å². The summed E-state index contributed by atoms with van der Waals surface area (Å²) < 4.78 is 5.90. The number of unbranched alkanes of at least 4 members (excludes halogenated alkanes) is 1. The SMILES string of the molecule is CCCCc1ccc(COc2ccc(CNOCc3ccccc3)cc2)cc1. The van der Waals surface area contributed by atoms with Gasteiger partial charge in [-0.2, -0.15) is 5.48 Å². The predicted molar refractivity (Wildman–Crippen MR) is 114 cm³/mol. The summed E-state index contributed by atoms with van der Waals surface area (Å²) in [5.41, 5.74) is 7.90. The van der Waals surface area contributed by atoms with Crippen molar-refractivity contribution in [2.75, 3.05) is 0 Å². The summed E-state index contributed by atoms with van der Waals surface area (Å²) in [6.07, 6.45) is 3.63. The molecule has 3 heteroatoms. The molecule has 0 atom stereocenters. The zero-order chi connectivity index (χ0) is 19.4. The number of hydrogen-bond donors (Lipinski definition) is 1. The van der Waals surface area contributed by atoms with Gasteiger partial charge in [-0.15, -0.1) is 0 Å². The average Bonchev–Trinajstić information content (AvgIpc) is 2.76. The zero-order valence-electron chi connectivity index (χ0n) is 16.6. The van der Waals surface area contributed by atoms with Gasteiger partial charge in [-0.25, -0.2) is 0 Å². The molecule has 0 aromatic heterocycles. The van der Waals surface area contributed by atoms with Gasteiger partial charge in [-0.05, 0) is 47.2 Å². The van der Waals surface area contributed by atoms with E-state index < -0.39 is 0 Å². The average molecular weight is 376 g/mol. The molecule has 0 heterocycles. The molecule has 0 aliphatic rings. The molecule has 0 aliphatic heterocycles. The molecule has 0 spiro atoms. The normalized spacial score (nSPS) is 10.8. The van der Waals surface area contributed by atoms with Gasteiger partial charge in [0.1, 0.15) is 12.4 Å². The molecule has 0 amide bonds. The highest BCUT2D eigenvalue weighted by molar-refractivity contribution is 5.28. The van der Waals surface area contributed by atoms with Gasteiger partial charge < -0.3 is 4.74 Å². The Bertz CT molecular complexity index is 798. The summed E-state index contributed by atoms with van der Waals surface area (Å²) in [4.78, 5) is 5.51. The molecule has 0 saturated heterocycles. The molecule has 0 bridgehead atoms. The fourth-order valence-corrected chi connectivity index (χ4v) is 2.90. The molecule has 3 aromatic carbocycles. The summed E-state index contributed by atoms with van der Waals surface area (Å²) in [6.45, 7) is 4.03. The Morgan fingerprint density at radius 3 is 2.04 bits per heavy atom.